The molecule has 4 heteroatoms. The Morgan fingerprint density at radius 3 is 2.63 bits per heavy atom. The van der Waals surface area contributed by atoms with E-state index in [1.54, 1.807) is 7.11 Å². The normalized spacial score (nSPS) is 17.8. The summed E-state index contributed by atoms with van der Waals surface area (Å²) in [6.45, 7) is 4.22. The first-order chi connectivity index (χ1) is 14.6. The van der Waals surface area contributed by atoms with Gasteiger partial charge < -0.3 is 0 Å². The molecule has 0 bridgehead atoms. The number of aryl methyl sites for hydroxylation is 2. The summed E-state index contributed by atoms with van der Waals surface area (Å²) >= 11 is 0. The molecule has 30 heavy (non-hydrogen) atoms. The molecule has 4 nitrogen and oxygen atoms in total. The van der Waals surface area contributed by atoms with Crippen molar-refractivity contribution in [3.63, 3.8) is 0 Å². The highest BCUT2D eigenvalue weighted by Crippen LogP contribution is 2.41. The van der Waals surface area contributed by atoms with E-state index in [0.717, 1.165) is 43.0 Å². The lowest BCUT2D eigenvalue weighted by molar-refractivity contribution is -0.160. The number of aromatic nitrogens is 1. The molecule has 0 N–H and O–H groups in total. The van der Waals surface area contributed by atoms with Gasteiger partial charge in [0.15, 0.2) is 0 Å². The number of hydroxylamine groups is 2. The van der Waals surface area contributed by atoms with Crippen molar-refractivity contribution in [1.82, 2.24) is 9.63 Å². The number of carbonyl (C=O) groups excluding carboxylic acids is 1. The topological polar surface area (TPSA) is 34.5 Å². The monoisotopic (exact) mass is 400 g/mol. The van der Waals surface area contributed by atoms with Crippen LogP contribution in [0.15, 0.2) is 54.6 Å². The second-order valence-electron chi connectivity index (χ2n) is 7.92. The van der Waals surface area contributed by atoms with Crippen LogP contribution >= 0.6 is 0 Å². The molecule has 4 rings (SSSR count). The van der Waals surface area contributed by atoms with Gasteiger partial charge in [0.2, 0.25) is 5.66 Å². The number of hydrogen-bond acceptors (Lipinski definition) is 2. The first kappa shape index (κ1) is 20.3. The average molecular weight is 401 g/mol. The Labute approximate surface area is 178 Å². The summed E-state index contributed by atoms with van der Waals surface area (Å²) in [5.41, 5.74) is 3.30. The van der Waals surface area contributed by atoms with Crippen LogP contribution in [-0.2, 0) is 16.9 Å². The summed E-state index contributed by atoms with van der Waals surface area (Å²) in [5.74, 6) is 6.72. The van der Waals surface area contributed by atoms with E-state index in [1.807, 2.05) is 24.3 Å². The molecule has 1 unspecified atom stereocenters. The lowest BCUT2D eigenvalue weighted by Gasteiger charge is -2.34. The highest BCUT2D eigenvalue weighted by atomic mass is 16.7. The minimum Gasteiger partial charge on any atom is -0.300 e. The van der Waals surface area contributed by atoms with Gasteiger partial charge in [-0.05, 0) is 49.4 Å². The molecule has 154 valence electrons. The number of amides is 1. The molecule has 0 saturated carbocycles. The third kappa shape index (κ3) is 3.40. The molecule has 2 heterocycles. The van der Waals surface area contributed by atoms with Crippen LogP contribution in [0, 0.1) is 18.8 Å². The Morgan fingerprint density at radius 2 is 1.90 bits per heavy atom. The Hall–Kier alpha value is -3.03. The van der Waals surface area contributed by atoms with Gasteiger partial charge in [-0.2, -0.15) is 5.06 Å². The van der Waals surface area contributed by atoms with Crippen LogP contribution in [0.5, 0.6) is 0 Å². The highest BCUT2D eigenvalue weighted by molar-refractivity contribution is 6.01. The van der Waals surface area contributed by atoms with E-state index in [2.05, 4.69) is 60.6 Å². The van der Waals surface area contributed by atoms with Gasteiger partial charge >= 0.3 is 0 Å². The molecule has 0 saturated heterocycles. The first-order valence-corrected chi connectivity index (χ1v) is 10.7. The minimum absolute atomic E-state index is 0.125. The van der Waals surface area contributed by atoms with Gasteiger partial charge in [0.25, 0.3) is 5.91 Å². The van der Waals surface area contributed by atoms with Gasteiger partial charge in [-0.15, -0.1) is 0 Å². The van der Waals surface area contributed by atoms with Crippen molar-refractivity contribution in [3.05, 3.63) is 71.4 Å². The maximum Gasteiger partial charge on any atom is 0.297 e. The van der Waals surface area contributed by atoms with Crippen LogP contribution in [0.2, 0.25) is 0 Å². The summed E-state index contributed by atoms with van der Waals surface area (Å²) in [5, 5.41) is 2.55. The maximum absolute atomic E-state index is 13.2. The lowest BCUT2D eigenvalue weighted by atomic mass is 10.0. The standard InChI is InChI=1S/C26H28N2O2/c1-4-5-16-26(17-10-9-13-21-11-7-6-8-12-21)27-23-15-14-20(2)18-22(23)19-24(27)25(29)28(26)30-3/h6-8,11-12,14-15,18-19H,4-5,9,13,16H2,1-3H3. The van der Waals surface area contributed by atoms with E-state index < -0.39 is 5.66 Å². The molecule has 1 aromatic heterocycles. The molecule has 1 amide bonds. The number of nitrogens with zero attached hydrogens (tertiary/aromatic N) is 2. The Morgan fingerprint density at radius 1 is 1.10 bits per heavy atom. The molecule has 0 radical (unpaired) electrons. The Balaban J connectivity index is 1.78. The first-order valence-electron chi connectivity index (χ1n) is 10.7. The molecule has 1 atom stereocenters. The van der Waals surface area contributed by atoms with E-state index in [9.17, 15) is 4.79 Å². The minimum atomic E-state index is -0.815. The Kier molecular flexibility index (Phi) is 5.65. The Bertz CT molecular complexity index is 1120. The number of unbranched alkanes of at least 4 members (excludes halogenated alkanes) is 1. The molecule has 3 aromatic rings. The zero-order chi connectivity index (χ0) is 21.1. The number of carbonyl (C=O) groups is 1. The highest BCUT2D eigenvalue weighted by Gasteiger charge is 2.50. The summed E-state index contributed by atoms with van der Waals surface area (Å²) in [6.07, 6.45) is 4.32. The maximum atomic E-state index is 13.2. The van der Waals surface area contributed by atoms with E-state index in [0.29, 0.717) is 5.69 Å². The predicted octanol–water partition coefficient (Wildman–Crippen LogP) is 5.45. The number of benzene rings is 2. The molecule has 1 aliphatic heterocycles. The number of fused-ring (bicyclic) bond motifs is 3. The molecular weight excluding hydrogens is 372 g/mol. The lowest BCUT2D eigenvalue weighted by Crippen LogP contribution is -2.45. The fourth-order valence-electron chi connectivity index (χ4n) is 4.35. The molecule has 1 aliphatic rings. The third-order valence-electron chi connectivity index (χ3n) is 5.80. The third-order valence-corrected chi connectivity index (χ3v) is 5.80. The summed E-state index contributed by atoms with van der Waals surface area (Å²) in [6, 6.07) is 18.6. The van der Waals surface area contributed by atoms with Crippen LogP contribution in [0.4, 0.5) is 0 Å². The molecule has 0 aliphatic carbocycles. The fourth-order valence-corrected chi connectivity index (χ4v) is 4.35. The second-order valence-corrected chi connectivity index (χ2v) is 7.92. The SMILES string of the molecule is CCCCC1(C#CCCc2ccccc2)N(OC)C(=O)c2cc3cc(C)ccc3n21. The van der Waals surface area contributed by atoms with Crippen LogP contribution in [0.25, 0.3) is 10.9 Å². The predicted molar refractivity (Wildman–Crippen MR) is 120 cm³/mol. The van der Waals surface area contributed by atoms with Gasteiger partial charge in [0.1, 0.15) is 5.69 Å². The van der Waals surface area contributed by atoms with Crippen LogP contribution in [-0.4, -0.2) is 22.6 Å². The average Bonchev–Trinajstić information content (AvgIpc) is 3.24. The quantitative estimate of drug-likeness (QED) is 0.516. The number of rotatable bonds is 6. The van der Waals surface area contributed by atoms with Crippen molar-refractivity contribution in [2.24, 2.45) is 0 Å². The van der Waals surface area contributed by atoms with Crippen molar-refractivity contribution in [1.29, 1.82) is 0 Å². The van der Waals surface area contributed by atoms with E-state index in [-0.39, 0.29) is 5.91 Å². The van der Waals surface area contributed by atoms with Gasteiger partial charge in [0, 0.05) is 18.2 Å². The number of hydrogen-bond donors (Lipinski definition) is 0. The van der Waals surface area contributed by atoms with Gasteiger partial charge in [-0.3, -0.25) is 14.2 Å². The van der Waals surface area contributed by atoms with Crippen molar-refractivity contribution < 1.29 is 9.63 Å². The van der Waals surface area contributed by atoms with E-state index in [4.69, 9.17) is 4.84 Å². The zero-order valence-corrected chi connectivity index (χ0v) is 17.9. The van der Waals surface area contributed by atoms with Crippen LogP contribution < -0.4 is 0 Å². The summed E-state index contributed by atoms with van der Waals surface area (Å²) in [4.78, 5) is 18.9. The van der Waals surface area contributed by atoms with Crippen molar-refractivity contribution in [3.8, 4) is 11.8 Å². The molecule has 0 fully saturated rings. The van der Waals surface area contributed by atoms with E-state index >= 15 is 0 Å². The van der Waals surface area contributed by atoms with Gasteiger partial charge in [0.05, 0.1) is 12.6 Å². The summed E-state index contributed by atoms with van der Waals surface area (Å²) < 4.78 is 2.10. The zero-order valence-electron chi connectivity index (χ0n) is 17.9. The molecular formula is C26H28N2O2. The van der Waals surface area contributed by atoms with Gasteiger partial charge in [-0.1, -0.05) is 61.2 Å². The fraction of sp³-hybridized carbons (Fsp3) is 0.346. The van der Waals surface area contributed by atoms with Crippen LogP contribution in [0.3, 0.4) is 0 Å². The molecule has 2 aromatic carbocycles. The largest absolute Gasteiger partial charge is 0.300 e. The van der Waals surface area contributed by atoms with Crippen molar-refractivity contribution in [2.45, 2.75) is 51.6 Å². The van der Waals surface area contributed by atoms with Gasteiger partial charge in [-0.25, -0.2) is 0 Å². The van der Waals surface area contributed by atoms with E-state index in [1.165, 1.54) is 16.2 Å². The van der Waals surface area contributed by atoms with Crippen molar-refractivity contribution in [2.75, 3.05) is 7.11 Å². The second kappa shape index (κ2) is 8.38. The summed E-state index contributed by atoms with van der Waals surface area (Å²) in [7, 11) is 1.56. The van der Waals surface area contributed by atoms with Crippen LogP contribution in [0.1, 0.15) is 54.2 Å². The van der Waals surface area contributed by atoms with Crippen molar-refractivity contribution >= 4 is 16.8 Å². The smallest absolute Gasteiger partial charge is 0.297 e. The molecule has 0 spiro atoms.